The van der Waals surface area contributed by atoms with Crippen LogP contribution < -0.4 is 22.8 Å². The van der Waals surface area contributed by atoms with E-state index in [1.807, 2.05) is 0 Å². The number of benzene rings is 5. The molecule has 5 heterocycles. The molecule has 0 saturated heterocycles. The highest BCUT2D eigenvalue weighted by Crippen LogP contribution is 2.69. The van der Waals surface area contributed by atoms with Crippen LogP contribution >= 0.6 is 0 Å². The summed E-state index contributed by atoms with van der Waals surface area (Å²) >= 11 is 0. The second-order valence-electron chi connectivity index (χ2n) is 34.3. The summed E-state index contributed by atoms with van der Waals surface area (Å²) in [5, 5.41) is 0. The van der Waals surface area contributed by atoms with E-state index in [0.717, 1.165) is 68.6 Å². The number of rotatable bonds is 5. The monoisotopic (exact) mass is 1340 g/mol. The molecule has 10 aromatic rings. The van der Waals surface area contributed by atoms with E-state index in [1.54, 1.807) is 22.3 Å². The summed E-state index contributed by atoms with van der Waals surface area (Å²) in [6.45, 7) is 25.3. The van der Waals surface area contributed by atoms with Gasteiger partial charge in [0.2, 0.25) is 28.5 Å². The Kier molecular flexibility index (Phi) is 16.0. The maximum Gasteiger partial charge on any atom is 0.212 e. The molecular weight excluding hydrogens is 1220 g/mol. The van der Waals surface area contributed by atoms with Crippen molar-refractivity contribution in [2.75, 3.05) is 0 Å². The van der Waals surface area contributed by atoms with Gasteiger partial charge in [-0.2, -0.15) is 0 Å². The van der Waals surface area contributed by atoms with Crippen molar-refractivity contribution < 1.29 is 26.9 Å². The number of fused-ring (bicyclic) bond motifs is 20. The molecule has 5 aromatic heterocycles. The summed E-state index contributed by atoms with van der Waals surface area (Å²) < 4.78 is 38.0. The fraction of sp³-hybridized carbons (Fsp3) is 0.427. The summed E-state index contributed by atoms with van der Waals surface area (Å²) in [4.78, 5) is 0. The van der Waals surface area contributed by atoms with Gasteiger partial charge in [0.1, 0.15) is 35.2 Å². The van der Waals surface area contributed by atoms with Crippen molar-refractivity contribution in [3.63, 3.8) is 0 Å². The molecule has 10 bridgehead atoms. The molecule has 5 aromatic carbocycles. The lowest BCUT2D eigenvalue weighted by atomic mass is 9.63. The van der Waals surface area contributed by atoms with Crippen LogP contribution in [-0.4, -0.2) is 0 Å². The SMILES string of the molecule is Cc1ccccc1-c1cc2c(c[n+]1C)C1(C)CCC2C1(C)C.Cc1ccccc1-c1cc2c(c[n+]1C)C1CCC2C1.[2H]C12CC(Cc3c[n+](C)c(-c4ccccc4C)cc31)C2.[2H]C12CCC(C)(c3c[n+](C)c(-c4ccccc4C)cc31)C2(C)C.[2H]C12CCC(C1)c1c[n+](C)c(-c3ccccc3C)cc12. The first-order valence-corrected chi connectivity index (χ1v) is 38.5. The molecule has 11 aliphatic carbocycles. The Morgan fingerprint density at radius 1 is 0.337 bits per heavy atom. The van der Waals surface area contributed by atoms with Crippen LogP contribution in [-0.2, 0) is 52.5 Å². The second kappa shape index (κ2) is 25.4. The van der Waals surface area contributed by atoms with Crippen LogP contribution in [0, 0.1) is 51.4 Å². The van der Waals surface area contributed by atoms with Crippen molar-refractivity contribution in [3.8, 4) is 56.3 Å². The molecule has 101 heavy (non-hydrogen) atoms. The van der Waals surface area contributed by atoms with Crippen LogP contribution in [0.2, 0.25) is 0 Å². The first-order chi connectivity index (χ1) is 49.5. The molecule has 11 aliphatic rings. The molecule has 5 nitrogen and oxygen atoms in total. The average molecular weight is 1340 g/mol. The minimum atomic E-state index is -0.456. The average Bonchev–Trinajstić information content (AvgIpc) is 1.54. The van der Waals surface area contributed by atoms with Gasteiger partial charge in [0, 0.05) is 101 Å². The molecule has 5 fully saturated rings. The second-order valence-corrected chi connectivity index (χ2v) is 34.3. The van der Waals surface area contributed by atoms with Gasteiger partial charge in [0.25, 0.3) is 0 Å². The largest absolute Gasteiger partial charge is 0.212 e. The van der Waals surface area contributed by atoms with Crippen LogP contribution in [0.5, 0.6) is 0 Å². The predicted octanol–water partition coefficient (Wildman–Crippen LogP) is 20.6. The maximum absolute atomic E-state index is 9.25. The zero-order valence-electron chi connectivity index (χ0n) is 66.6. The molecule has 516 valence electrons. The Labute approximate surface area is 609 Å². The molecule has 8 atom stereocenters. The molecule has 21 rings (SSSR count). The van der Waals surface area contributed by atoms with Gasteiger partial charge in [0.15, 0.2) is 31.0 Å². The van der Waals surface area contributed by atoms with E-state index in [9.17, 15) is 1.37 Å². The summed E-state index contributed by atoms with van der Waals surface area (Å²) in [7, 11) is 10.8. The lowest BCUT2D eigenvalue weighted by molar-refractivity contribution is -0.661. The van der Waals surface area contributed by atoms with Gasteiger partial charge in [-0.3, -0.25) is 0 Å². The van der Waals surface area contributed by atoms with Crippen molar-refractivity contribution >= 4 is 0 Å². The Bertz CT molecular complexity index is 5080. The van der Waals surface area contributed by atoms with E-state index in [0.29, 0.717) is 16.7 Å². The molecule has 5 heteroatoms. The molecule has 0 N–H and O–H groups in total. The third-order valence-corrected chi connectivity index (χ3v) is 28.2. The maximum atomic E-state index is 9.25. The highest BCUT2D eigenvalue weighted by Gasteiger charge is 2.62. The lowest BCUT2D eigenvalue weighted by Crippen LogP contribution is -2.37. The van der Waals surface area contributed by atoms with Gasteiger partial charge in [-0.1, -0.05) is 133 Å². The lowest BCUT2D eigenvalue weighted by Gasteiger charge is -2.41. The summed E-state index contributed by atoms with van der Waals surface area (Å²) in [6, 6.07) is 54.8. The van der Waals surface area contributed by atoms with E-state index >= 15 is 0 Å². The fourth-order valence-corrected chi connectivity index (χ4v) is 21.3. The summed E-state index contributed by atoms with van der Waals surface area (Å²) in [6.07, 6.45) is 27.2. The number of nitrogens with zero attached hydrogens (tertiary/aromatic N) is 5. The van der Waals surface area contributed by atoms with Gasteiger partial charge in [-0.05, 0) is 262 Å². The Morgan fingerprint density at radius 2 is 0.703 bits per heavy atom. The van der Waals surface area contributed by atoms with E-state index in [4.69, 9.17) is 2.74 Å². The topological polar surface area (TPSA) is 19.4 Å². The minimum absolute atomic E-state index is 0.0142. The number of aryl methyl sites for hydroxylation is 10. The smallest absolute Gasteiger partial charge is 0.201 e. The molecule has 0 aliphatic heterocycles. The number of hydrogen-bond donors (Lipinski definition) is 0. The molecular formula is C96H112N5+5. The van der Waals surface area contributed by atoms with Gasteiger partial charge in [-0.25, -0.2) is 22.8 Å². The van der Waals surface area contributed by atoms with Crippen LogP contribution in [0.4, 0.5) is 0 Å². The van der Waals surface area contributed by atoms with E-state index in [-0.39, 0.29) is 22.6 Å². The fourth-order valence-electron chi connectivity index (χ4n) is 21.3. The molecule has 0 spiro atoms. The van der Waals surface area contributed by atoms with Crippen LogP contribution in [0.25, 0.3) is 56.3 Å². The standard InChI is InChI=1S/2C21H26N.3C18H20N/c2*1-14-8-6-7-9-15(14)19-12-16-17-10-11-21(4,20(17,2)3)18(16)13-22(19)5;1-12-5-3-4-6-16(12)18-10-17-14-7-13(8-14)9-15(17)11-19(18)2;2*1-12-5-3-4-6-15(12)18-10-16-13-7-8-14(9-13)17(16)11-19(18)2/h2*6-9,12-13,17H,10-11H2,1-5H3;3*3-6,10-11,13-14H,7-9H2,1-2H3/q5*+1/i17D;;14D;13D;. The van der Waals surface area contributed by atoms with Crippen molar-refractivity contribution in [3.05, 3.63) is 266 Å². The molecule has 0 radical (unpaired) electrons. The van der Waals surface area contributed by atoms with Gasteiger partial charge in [0.05, 0.1) is 0 Å². The molecule has 0 amide bonds. The third-order valence-electron chi connectivity index (χ3n) is 28.2. The highest BCUT2D eigenvalue weighted by molar-refractivity contribution is 5.68. The van der Waals surface area contributed by atoms with Gasteiger partial charge in [-0.15, -0.1) is 0 Å². The minimum Gasteiger partial charge on any atom is -0.201 e. The van der Waals surface area contributed by atoms with Crippen molar-refractivity contribution in [2.24, 2.45) is 52.0 Å². The Hall–Kier alpha value is -8.15. The normalized spacial score (nSPS) is 28.2. The number of pyridine rings is 5. The third kappa shape index (κ3) is 11.1. The van der Waals surface area contributed by atoms with E-state index in [1.165, 1.54) is 156 Å². The first kappa shape index (κ1) is 63.7. The zero-order chi connectivity index (χ0) is 73.1. The van der Waals surface area contributed by atoms with Crippen molar-refractivity contribution in [1.29, 1.82) is 0 Å². The predicted molar refractivity (Wildman–Crippen MR) is 413 cm³/mol. The van der Waals surface area contributed by atoms with Crippen LogP contribution in [0.15, 0.2) is 183 Å². The zero-order valence-corrected chi connectivity index (χ0v) is 63.6. The van der Waals surface area contributed by atoms with Crippen LogP contribution in [0.1, 0.15) is 248 Å². The number of hydrogen-bond acceptors (Lipinski definition) is 0. The van der Waals surface area contributed by atoms with Crippen molar-refractivity contribution in [2.45, 2.75) is 212 Å². The number of aromatic nitrogens is 5. The Balaban J connectivity index is 0.000000100. The van der Waals surface area contributed by atoms with Crippen molar-refractivity contribution in [1.82, 2.24) is 0 Å². The van der Waals surface area contributed by atoms with Gasteiger partial charge < -0.3 is 0 Å². The molecule has 8 unspecified atom stereocenters. The van der Waals surface area contributed by atoms with Crippen LogP contribution in [0.3, 0.4) is 0 Å². The first-order valence-electron chi connectivity index (χ1n) is 40.0. The quantitative estimate of drug-likeness (QED) is 0.153. The van der Waals surface area contributed by atoms with E-state index < -0.39 is 5.89 Å². The van der Waals surface area contributed by atoms with Gasteiger partial charge >= 0.3 is 0 Å². The van der Waals surface area contributed by atoms with E-state index in [2.05, 4.69) is 317 Å². The highest BCUT2D eigenvalue weighted by atomic mass is 15.0. The summed E-state index contributed by atoms with van der Waals surface area (Å²) in [5.41, 5.74) is 34.9. The molecule has 5 saturated carbocycles. The Morgan fingerprint density at radius 3 is 1.20 bits per heavy atom. The summed E-state index contributed by atoms with van der Waals surface area (Å²) in [5.74, 6) is 2.71.